The van der Waals surface area contributed by atoms with E-state index in [1.807, 2.05) is 0 Å². The highest BCUT2D eigenvalue weighted by atomic mass is 35.5. The first kappa shape index (κ1) is 12.5. The third-order valence-corrected chi connectivity index (χ3v) is 2.74. The van der Waals surface area contributed by atoms with Gasteiger partial charge in [0.25, 0.3) is 5.91 Å². The van der Waals surface area contributed by atoms with Gasteiger partial charge >= 0.3 is 0 Å². The first-order valence-corrected chi connectivity index (χ1v) is 5.68. The van der Waals surface area contributed by atoms with E-state index in [1.54, 1.807) is 38.4 Å². The number of amides is 1. The molecule has 1 heterocycles. The summed E-state index contributed by atoms with van der Waals surface area (Å²) in [5, 5.41) is 11.6. The van der Waals surface area contributed by atoms with Crippen LogP contribution in [0.2, 0.25) is 5.02 Å². The summed E-state index contributed by atoms with van der Waals surface area (Å²) in [6.07, 6.45) is 0. The number of carbonyl (C=O) groups is 1. The van der Waals surface area contributed by atoms with Crippen LogP contribution in [0.25, 0.3) is 0 Å². The fourth-order valence-electron chi connectivity index (χ4n) is 1.51. The van der Waals surface area contributed by atoms with E-state index in [0.717, 1.165) is 0 Å². The van der Waals surface area contributed by atoms with Gasteiger partial charge in [-0.1, -0.05) is 17.7 Å². The predicted octanol–water partition coefficient (Wildman–Crippen LogP) is 1.14. The largest absolute Gasteiger partial charge is 0.334 e. The van der Waals surface area contributed by atoms with Gasteiger partial charge in [-0.2, -0.15) is 0 Å². The molecule has 0 saturated carbocycles. The van der Waals surface area contributed by atoms with E-state index in [4.69, 9.17) is 11.6 Å². The first-order valence-electron chi connectivity index (χ1n) is 5.30. The molecule has 0 aliphatic heterocycles. The Hall–Kier alpha value is -1.95. The van der Waals surface area contributed by atoms with Gasteiger partial charge in [-0.25, -0.2) is 4.68 Å². The van der Waals surface area contributed by atoms with Gasteiger partial charge in [0, 0.05) is 24.7 Å². The average Bonchev–Trinajstić information content (AvgIpc) is 2.74. The van der Waals surface area contributed by atoms with Crippen LogP contribution in [0, 0.1) is 0 Å². The second kappa shape index (κ2) is 5.14. The Kier molecular flexibility index (Phi) is 3.57. The summed E-state index contributed by atoms with van der Waals surface area (Å²) in [5.41, 5.74) is 0.542. The van der Waals surface area contributed by atoms with Crippen LogP contribution >= 0.6 is 11.6 Å². The van der Waals surface area contributed by atoms with Crippen LogP contribution in [0.4, 0.5) is 0 Å². The zero-order valence-electron chi connectivity index (χ0n) is 10.0. The molecule has 7 heteroatoms. The fraction of sp³-hybridized carbons (Fsp3) is 0.273. The molecule has 1 aromatic heterocycles. The molecule has 6 nitrogen and oxygen atoms in total. The quantitative estimate of drug-likeness (QED) is 0.835. The molecule has 1 aromatic carbocycles. The highest BCUT2D eigenvalue weighted by Crippen LogP contribution is 2.13. The number of rotatable bonds is 3. The molecule has 0 unspecified atom stereocenters. The Morgan fingerprint density at radius 1 is 1.50 bits per heavy atom. The molecule has 0 fully saturated rings. The van der Waals surface area contributed by atoms with Crippen LogP contribution < -0.4 is 0 Å². The zero-order chi connectivity index (χ0) is 13.1. The summed E-state index contributed by atoms with van der Waals surface area (Å²) >= 11 is 5.85. The maximum absolute atomic E-state index is 12.1. The van der Waals surface area contributed by atoms with E-state index in [0.29, 0.717) is 23.0 Å². The molecule has 0 N–H and O–H groups in total. The second-order valence-electron chi connectivity index (χ2n) is 3.89. The Balaban J connectivity index is 2.12. The summed E-state index contributed by atoms with van der Waals surface area (Å²) in [4.78, 5) is 13.7. The summed E-state index contributed by atoms with van der Waals surface area (Å²) in [6, 6.07) is 6.83. The van der Waals surface area contributed by atoms with Crippen LogP contribution in [0.1, 0.15) is 16.2 Å². The number of halogens is 1. The Morgan fingerprint density at radius 2 is 2.28 bits per heavy atom. The van der Waals surface area contributed by atoms with Crippen LogP contribution in [0.15, 0.2) is 24.3 Å². The van der Waals surface area contributed by atoms with Crippen molar-refractivity contribution in [3.63, 3.8) is 0 Å². The summed E-state index contributed by atoms with van der Waals surface area (Å²) in [7, 11) is 3.42. The smallest absolute Gasteiger partial charge is 0.254 e. The highest BCUT2D eigenvalue weighted by Gasteiger charge is 2.14. The molecule has 0 spiro atoms. The monoisotopic (exact) mass is 265 g/mol. The fourth-order valence-corrected chi connectivity index (χ4v) is 1.70. The molecule has 0 saturated heterocycles. The van der Waals surface area contributed by atoms with Gasteiger partial charge in [-0.15, -0.1) is 5.10 Å². The molecule has 0 bridgehead atoms. The topological polar surface area (TPSA) is 63.9 Å². The van der Waals surface area contributed by atoms with Crippen molar-refractivity contribution < 1.29 is 4.79 Å². The SMILES string of the molecule is CN(Cc1nnnn1C)C(=O)c1cccc(Cl)c1. The van der Waals surface area contributed by atoms with Crippen molar-refractivity contribution in [3.8, 4) is 0 Å². The minimum atomic E-state index is -0.125. The number of hydrogen-bond acceptors (Lipinski definition) is 4. The molecule has 0 atom stereocenters. The highest BCUT2D eigenvalue weighted by molar-refractivity contribution is 6.30. The maximum atomic E-state index is 12.1. The predicted molar refractivity (Wildman–Crippen MR) is 66.0 cm³/mol. The van der Waals surface area contributed by atoms with Crippen molar-refractivity contribution in [1.29, 1.82) is 0 Å². The van der Waals surface area contributed by atoms with E-state index in [2.05, 4.69) is 15.5 Å². The van der Waals surface area contributed by atoms with Crippen LogP contribution in [0.5, 0.6) is 0 Å². The standard InChI is InChI=1S/C11H12ClN5O/c1-16(7-10-13-14-15-17(10)2)11(18)8-4-3-5-9(12)6-8/h3-6H,7H2,1-2H3. The number of aryl methyl sites for hydroxylation is 1. The van der Waals surface area contributed by atoms with Crippen LogP contribution in [-0.4, -0.2) is 38.1 Å². The van der Waals surface area contributed by atoms with Crippen molar-refractivity contribution in [3.05, 3.63) is 40.7 Å². The molecule has 0 aliphatic rings. The van der Waals surface area contributed by atoms with E-state index in [9.17, 15) is 4.79 Å². The van der Waals surface area contributed by atoms with E-state index < -0.39 is 0 Å². The van der Waals surface area contributed by atoms with E-state index >= 15 is 0 Å². The normalized spacial score (nSPS) is 10.4. The van der Waals surface area contributed by atoms with Crippen molar-refractivity contribution in [1.82, 2.24) is 25.1 Å². The first-order chi connectivity index (χ1) is 8.58. The average molecular weight is 266 g/mol. The molecule has 0 aliphatic carbocycles. The maximum Gasteiger partial charge on any atom is 0.254 e. The van der Waals surface area contributed by atoms with Gasteiger partial charge in [0.2, 0.25) is 0 Å². The lowest BCUT2D eigenvalue weighted by molar-refractivity contribution is 0.0780. The van der Waals surface area contributed by atoms with Gasteiger partial charge in [0.1, 0.15) is 0 Å². The summed E-state index contributed by atoms with van der Waals surface area (Å²) < 4.78 is 1.53. The molecule has 18 heavy (non-hydrogen) atoms. The third-order valence-electron chi connectivity index (χ3n) is 2.50. The van der Waals surface area contributed by atoms with Gasteiger partial charge in [0.05, 0.1) is 6.54 Å². The Morgan fingerprint density at radius 3 is 2.89 bits per heavy atom. The van der Waals surface area contributed by atoms with Gasteiger partial charge in [-0.3, -0.25) is 4.79 Å². The van der Waals surface area contributed by atoms with Gasteiger partial charge in [-0.05, 0) is 28.6 Å². The Bertz CT molecular complexity index is 568. The minimum Gasteiger partial charge on any atom is -0.334 e. The molecule has 94 valence electrons. The van der Waals surface area contributed by atoms with Gasteiger partial charge < -0.3 is 4.90 Å². The number of benzene rings is 1. The second-order valence-corrected chi connectivity index (χ2v) is 4.33. The number of carbonyl (C=O) groups excluding carboxylic acids is 1. The molecule has 2 rings (SSSR count). The Labute approximate surface area is 109 Å². The minimum absolute atomic E-state index is 0.125. The lowest BCUT2D eigenvalue weighted by Crippen LogP contribution is -2.27. The van der Waals surface area contributed by atoms with Crippen LogP contribution in [-0.2, 0) is 13.6 Å². The van der Waals surface area contributed by atoms with Crippen molar-refractivity contribution >= 4 is 17.5 Å². The number of aromatic nitrogens is 4. The number of tetrazole rings is 1. The molecular formula is C11H12ClN5O. The molecule has 2 aromatic rings. The zero-order valence-corrected chi connectivity index (χ0v) is 10.8. The lowest BCUT2D eigenvalue weighted by Gasteiger charge is -2.16. The number of hydrogen-bond donors (Lipinski definition) is 0. The summed E-state index contributed by atoms with van der Waals surface area (Å²) in [6.45, 7) is 0.342. The molecule has 1 amide bonds. The van der Waals surface area contributed by atoms with Gasteiger partial charge in [0.15, 0.2) is 5.82 Å². The van der Waals surface area contributed by atoms with E-state index in [1.165, 1.54) is 9.58 Å². The van der Waals surface area contributed by atoms with Crippen molar-refractivity contribution in [2.45, 2.75) is 6.54 Å². The van der Waals surface area contributed by atoms with E-state index in [-0.39, 0.29) is 5.91 Å². The third kappa shape index (κ3) is 2.65. The lowest BCUT2D eigenvalue weighted by atomic mass is 10.2. The van der Waals surface area contributed by atoms with Crippen LogP contribution in [0.3, 0.4) is 0 Å². The molecular weight excluding hydrogens is 254 g/mol. The number of nitrogens with zero attached hydrogens (tertiary/aromatic N) is 5. The van der Waals surface area contributed by atoms with Crippen molar-refractivity contribution in [2.24, 2.45) is 7.05 Å². The summed E-state index contributed by atoms with van der Waals surface area (Å²) in [5.74, 6) is 0.494. The molecule has 0 radical (unpaired) electrons. The van der Waals surface area contributed by atoms with Crippen molar-refractivity contribution in [2.75, 3.05) is 7.05 Å².